The molecule has 0 saturated carbocycles. The Balaban J connectivity index is 2.39. The Labute approximate surface area is 90.7 Å². The van der Waals surface area contributed by atoms with Gasteiger partial charge in [0, 0.05) is 30.1 Å². The highest BCUT2D eigenvalue weighted by molar-refractivity contribution is 5.83. The Bertz CT molecular complexity index is 401. The summed E-state index contributed by atoms with van der Waals surface area (Å²) in [7, 11) is 0. The molecule has 0 saturated heterocycles. The average molecular weight is 203 g/mol. The number of Topliss-reactive ketones (excluding diaryl/α,β-unsaturated/α-hetero) is 1. The van der Waals surface area contributed by atoms with E-state index in [0.717, 1.165) is 17.7 Å². The number of hydrogen-bond donors (Lipinski definition) is 0. The molecule has 2 rings (SSSR count). The lowest BCUT2D eigenvalue weighted by molar-refractivity contribution is -0.118. The normalized spacial score (nSPS) is 16.3. The van der Waals surface area contributed by atoms with Crippen LogP contribution in [0, 0.1) is 0 Å². The molecule has 1 aromatic heterocycles. The van der Waals surface area contributed by atoms with Gasteiger partial charge in [-0.2, -0.15) is 0 Å². The van der Waals surface area contributed by atoms with Gasteiger partial charge in [0.1, 0.15) is 5.78 Å². The van der Waals surface area contributed by atoms with Gasteiger partial charge in [-0.15, -0.1) is 0 Å². The number of hydrogen-bond acceptors (Lipinski definition) is 2. The van der Waals surface area contributed by atoms with Crippen LogP contribution in [-0.2, 0) is 23.1 Å². The average Bonchev–Trinajstić information content (AvgIpc) is 2.15. The van der Waals surface area contributed by atoms with Crippen LogP contribution in [-0.4, -0.2) is 10.8 Å². The van der Waals surface area contributed by atoms with E-state index >= 15 is 0 Å². The minimum absolute atomic E-state index is 0.0937. The quantitative estimate of drug-likeness (QED) is 0.648. The molecule has 0 atom stereocenters. The van der Waals surface area contributed by atoms with Crippen molar-refractivity contribution in [1.29, 1.82) is 0 Å². The number of pyridine rings is 1. The van der Waals surface area contributed by atoms with Crippen molar-refractivity contribution in [3.8, 4) is 0 Å². The smallest absolute Gasteiger partial charge is 0.137 e. The van der Waals surface area contributed by atoms with E-state index < -0.39 is 0 Å². The van der Waals surface area contributed by atoms with E-state index in [1.54, 1.807) is 0 Å². The van der Waals surface area contributed by atoms with Crippen LogP contribution >= 0.6 is 0 Å². The molecule has 0 aliphatic heterocycles. The fraction of sp³-hybridized carbons (Fsp3) is 0.538. The Morgan fingerprint density at radius 3 is 2.60 bits per heavy atom. The molecule has 2 heteroatoms. The van der Waals surface area contributed by atoms with Gasteiger partial charge in [-0.05, 0) is 23.6 Å². The monoisotopic (exact) mass is 203 g/mol. The van der Waals surface area contributed by atoms with E-state index in [4.69, 9.17) is 0 Å². The zero-order valence-electron chi connectivity index (χ0n) is 9.63. The first-order valence-corrected chi connectivity index (χ1v) is 5.47. The van der Waals surface area contributed by atoms with Gasteiger partial charge in [-0.25, -0.2) is 0 Å². The number of carbonyl (C=O) groups excluding carboxylic acids is 1. The summed E-state index contributed by atoms with van der Waals surface area (Å²) in [6.45, 7) is 6.49. The van der Waals surface area contributed by atoms with Crippen molar-refractivity contribution in [3.05, 3.63) is 29.1 Å². The van der Waals surface area contributed by atoms with E-state index in [-0.39, 0.29) is 5.41 Å². The van der Waals surface area contributed by atoms with E-state index in [0.29, 0.717) is 18.6 Å². The summed E-state index contributed by atoms with van der Waals surface area (Å²) in [6, 6.07) is 2.17. The summed E-state index contributed by atoms with van der Waals surface area (Å²) in [5, 5.41) is 0. The summed E-state index contributed by atoms with van der Waals surface area (Å²) >= 11 is 0. The van der Waals surface area contributed by atoms with Crippen LogP contribution < -0.4 is 0 Å². The Morgan fingerprint density at radius 1 is 1.20 bits per heavy atom. The molecule has 0 N–H and O–H groups in total. The third-order valence-electron chi connectivity index (χ3n) is 2.91. The van der Waals surface area contributed by atoms with Gasteiger partial charge in [0.25, 0.3) is 0 Å². The maximum atomic E-state index is 11.3. The van der Waals surface area contributed by atoms with Gasteiger partial charge in [-0.3, -0.25) is 9.78 Å². The second kappa shape index (κ2) is 3.44. The van der Waals surface area contributed by atoms with Crippen molar-refractivity contribution in [2.24, 2.45) is 0 Å². The van der Waals surface area contributed by atoms with Crippen molar-refractivity contribution in [2.75, 3.05) is 0 Å². The molecule has 1 aliphatic rings. The number of nitrogens with zero attached hydrogens (tertiary/aromatic N) is 1. The largest absolute Gasteiger partial charge is 0.299 e. The first-order valence-electron chi connectivity index (χ1n) is 5.47. The number of aryl methyl sites for hydroxylation is 1. The number of rotatable bonds is 0. The van der Waals surface area contributed by atoms with Gasteiger partial charge >= 0.3 is 0 Å². The number of aromatic nitrogens is 1. The van der Waals surface area contributed by atoms with E-state index in [9.17, 15) is 4.79 Å². The van der Waals surface area contributed by atoms with Crippen LogP contribution in [0.4, 0.5) is 0 Å². The minimum Gasteiger partial charge on any atom is -0.299 e. The minimum atomic E-state index is 0.0937. The van der Waals surface area contributed by atoms with Crippen molar-refractivity contribution < 1.29 is 4.79 Å². The molecule has 2 nitrogen and oxygen atoms in total. The lowest BCUT2D eigenvalue weighted by atomic mass is 9.86. The number of fused-ring (bicyclic) bond motifs is 1. The molecule has 0 amide bonds. The van der Waals surface area contributed by atoms with E-state index in [1.165, 1.54) is 5.56 Å². The third-order valence-corrected chi connectivity index (χ3v) is 2.91. The lowest BCUT2D eigenvalue weighted by Crippen LogP contribution is -2.18. The highest BCUT2D eigenvalue weighted by Gasteiger charge is 2.20. The van der Waals surface area contributed by atoms with E-state index in [2.05, 4.69) is 31.8 Å². The fourth-order valence-corrected chi connectivity index (χ4v) is 1.90. The molecule has 1 aliphatic carbocycles. The molecule has 0 unspecified atom stereocenters. The van der Waals surface area contributed by atoms with Crippen LogP contribution in [0.2, 0.25) is 0 Å². The molecule has 0 bridgehead atoms. The van der Waals surface area contributed by atoms with Gasteiger partial charge in [0.05, 0.1) is 0 Å². The third kappa shape index (κ3) is 2.09. The SMILES string of the molecule is CC(C)(C)c1cc2c(cn1)CC(=O)CC2. The van der Waals surface area contributed by atoms with Crippen molar-refractivity contribution in [3.63, 3.8) is 0 Å². The second-order valence-electron chi connectivity index (χ2n) is 5.30. The van der Waals surface area contributed by atoms with Gasteiger partial charge in [0.2, 0.25) is 0 Å². The Kier molecular flexibility index (Phi) is 2.37. The molecule has 0 radical (unpaired) electrons. The predicted molar refractivity (Wildman–Crippen MR) is 60.0 cm³/mol. The van der Waals surface area contributed by atoms with E-state index in [1.807, 2.05) is 6.20 Å². The molecule has 1 aromatic rings. The Hall–Kier alpha value is -1.18. The fourth-order valence-electron chi connectivity index (χ4n) is 1.90. The van der Waals surface area contributed by atoms with Crippen LogP contribution in [0.3, 0.4) is 0 Å². The summed E-state index contributed by atoms with van der Waals surface area (Å²) in [4.78, 5) is 15.7. The van der Waals surface area contributed by atoms with Gasteiger partial charge in [-0.1, -0.05) is 20.8 Å². The molecule has 0 fully saturated rings. The van der Waals surface area contributed by atoms with Crippen LogP contribution in [0.15, 0.2) is 12.3 Å². The van der Waals surface area contributed by atoms with Crippen LogP contribution in [0.25, 0.3) is 0 Å². The van der Waals surface area contributed by atoms with Crippen LogP contribution in [0.1, 0.15) is 44.0 Å². The first kappa shape index (κ1) is 10.3. The molecule has 0 aromatic carbocycles. The molecular formula is C13H17NO. The maximum absolute atomic E-state index is 11.3. The zero-order valence-corrected chi connectivity index (χ0v) is 9.63. The first-order chi connectivity index (χ1) is 6.97. The number of carbonyl (C=O) groups is 1. The second-order valence-corrected chi connectivity index (χ2v) is 5.30. The van der Waals surface area contributed by atoms with Crippen molar-refractivity contribution >= 4 is 5.78 Å². The summed E-state index contributed by atoms with van der Waals surface area (Å²) in [5.41, 5.74) is 3.65. The predicted octanol–water partition coefficient (Wildman–Crippen LogP) is 2.44. The summed E-state index contributed by atoms with van der Waals surface area (Å²) < 4.78 is 0. The van der Waals surface area contributed by atoms with Crippen molar-refractivity contribution in [1.82, 2.24) is 4.98 Å². The van der Waals surface area contributed by atoms with Crippen molar-refractivity contribution in [2.45, 2.75) is 45.4 Å². The number of ketones is 1. The highest BCUT2D eigenvalue weighted by atomic mass is 16.1. The topological polar surface area (TPSA) is 30.0 Å². The lowest BCUT2D eigenvalue weighted by Gasteiger charge is -2.21. The summed E-state index contributed by atoms with van der Waals surface area (Å²) in [5.74, 6) is 0.341. The highest BCUT2D eigenvalue weighted by Crippen LogP contribution is 2.25. The molecule has 0 spiro atoms. The zero-order chi connectivity index (χ0) is 11.1. The Morgan fingerprint density at radius 2 is 1.93 bits per heavy atom. The van der Waals surface area contributed by atoms with Crippen LogP contribution in [0.5, 0.6) is 0 Å². The molecule has 15 heavy (non-hydrogen) atoms. The summed E-state index contributed by atoms with van der Waals surface area (Å²) in [6.07, 6.45) is 4.04. The molecule has 80 valence electrons. The molecule has 1 heterocycles. The standard InChI is InChI=1S/C13H17NO/c1-13(2,3)12-7-9-4-5-11(15)6-10(9)8-14-12/h7-8H,4-6H2,1-3H3. The molecular weight excluding hydrogens is 186 g/mol. The maximum Gasteiger partial charge on any atom is 0.137 e. The van der Waals surface area contributed by atoms with Gasteiger partial charge in [0.15, 0.2) is 0 Å². The van der Waals surface area contributed by atoms with Gasteiger partial charge < -0.3 is 0 Å².